The molecule has 0 atom stereocenters. The Bertz CT molecular complexity index is 382. The van der Waals surface area contributed by atoms with Gasteiger partial charge in [-0.2, -0.15) is 0 Å². The average Bonchev–Trinajstić information content (AvgIpc) is 2.25. The zero-order chi connectivity index (χ0) is 10.7. The van der Waals surface area contributed by atoms with Crippen molar-refractivity contribution in [2.75, 3.05) is 0 Å². The quantitative estimate of drug-likeness (QED) is 0.707. The van der Waals surface area contributed by atoms with E-state index < -0.39 is 0 Å². The van der Waals surface area contributed by atoms with Crippen LogP contribution in [0.1, 0.15) is 11.1 Å². The van der Waals surface area contributed by atoms with Crippen LogP contribution < -0.4 is 4.74 Å². The van der Waals surface area contributed by atoms with E-state index in [4.69, 9.17) is 4.74 Å². The van der Waals surface area contributed by atoms with E-state index in [1.54, 1.807) is 0 Å². The molecule has 2 aromatic carbocycles. The highest BCUT2D eigenvalue weighted by Crippen LogP contribution is 2.21. The summed E-state index contributed by atoms with van der Waals surface area (Å²) in [7, 11) is 0. The van der Waals surface area contributed by atoms with Crippen LogP contribution in [0.15, 0.2) is 48.5 Å². The molecule has 0 unspecified atom stereocenters. The molecule has 1 heteroatoms. The lowest BCUT2D eigenvalue weighted by molar-refractivity contribution is 0.482. The number of aryl methyl sites for hydroxylation is 1. The van der Waals surface area contributed by atoms with Crippen LogP contribution in [0.2, 0.25) is 0 Å². The molecule has 0 aliphatic rings. The molecule has 0 aliphatic carbocycles. The van der Waals surface area contributed by atoms with Gasteiger partial charge in [-0.3, -0.25) is 0 Å². The molecule has 0 fully saturated rings. The van der Waals surface area contributed by atoms with Gasteiger partial charge in [-0.15, -0.1) is 0 Å². The van der Waals surface area contributed by atoms with Crippen molar-refractivity contribution in [3.8, 4) is 11.5 Å². The van der Waals surface area contributed by atoms with Crippen LogP contribution in [0.25, 0.3) is 0 Å². The van der Waals surface area contributed by atoms with Gasteiger partial charge in [0, 0.05) is 0 Å². The first-order valence-corrected chi connectivity index (χ1v) is 4.90. The molecule has 75 valence electrons. The van der Waals surface area contributed by atoms with Gasteiger partial charge in [-0.25, -0.2) is 0 Å². The number of benzene rings is 2. The fourth-order valence-corrected chi connectivity index (χ4v) is 1.30. The molecule has 2 rings (SSSR count). The molecular formula is C14H13O. The average molecular weight is 197 g/mol. The minimum atomic E-state index is 0.839. The first-order chi connectivity index (χ1) is 7.24. The molecule has 0 N–H and O–H groups in total. The Morgan fingerprint density at radius 1 is 0.800 bits per heavy atom. The van der Waals surface area contributed by atoms with Crippen molar-refractivity contribution in [2.24, 2.45) is 0 Å². The predicted molar refractivity (Wildman–Crippen MR) is 62.2 cm³/mol. The highest BCUT2D eigenvalue weighted by molar-refractivity contribution is 5.34. The Kier molecular flexibility index (Phi) is 2.72. The topological polar surface area (TPSA) is 9.23 Å². The van der Waals surface area contributed by atoms with E-state index in [2.05, 4.69) is 13.8 Å². The first-order valence-electron chi connectivity index (χ1n) is 4.90. The van der Waals surface area contributed by atoms with Gasteiger partial charge in [0.2, 0.25) is 0 Å². The predicted octanol–water partition coefficient (Wildman–Crippen LogP) is 3.97. The fraction of sp³-hybridized carbons (Fsp3) is 0.0714. The molecule has 0 aromatic heterocycles. The molecular weight excluding hydrogens is 184 g/mol. The van der Waals surface area contributed by atoms with Gasteiger partial charge >= 0.3 is 0 Å². The van der Waals surface area contributed by atoms with E-state index in [-0.39, 0.29) is 0 Å². The van der Waals surface area contributed by atoms with Crippen molar-refractivity contribution >= 4 is 0 Å². The van der Waals surface area contributed by atoms with E-state index in [9.17, 15) is 0 Å². The third-order valence-corrected chi connectivity index (χ3v) is 2.18. The summed E-state index contributed by atoms with van der Waals surface area (Å²) in [6.45, 7) is 5.88. The zero-order valence-electron chi connectivity index (χ0n) is 8.73. The van der Waals surface area contributed by atoms with Gasteiger partial charge in [0.05, 0.1) is 0 Å². The van der Waals surface area contributed by atoms with Gasteiger partial charge in [-0.1, -0.05) is 29.8 Å². The zero-order valence-corrected chi connectivity index (χ0v) is 8.73. The van der Waals surface area contributed by atoms with Crippen molar-refractivity contribution in [2.45, 2.75) is 6.92 Å². The smallest absolute Gasteiger partial charge is 0.127 e. The molecule has 0 bridgehead atoms. The fourth-order valence-electron chi connectivity index (χ4n) is 1.30. The van der Waals surface area contributed by atoms with Crippen molar-refractivity contribution in [3.05, 3.63) is 66.6 Å². The van der Waals surface area contributed by atoms with Crippen molar-refractivity contribution < 1.29 is 4.74 Å². The first kappa shape index (κ1) is 9.78. The molecule has 1 nitrogen and oxygen atoms in total. The molecule has 1 radical (unpaired) electrons. The second-order valence-electron chi connectivity index (χ2n) is 3.56. The molecule has 0 heterocycles. The lowest BCUT2D eigenvalue weighted by Gasteiger charge is -2.05. The van der Waals surface area contributed by atoms with Crippen molar-refractivity contribution in [1.29, 1.82) is 0 Å². The summed E-state index contributed by atoms with van der Waals surface area (Å²) in [5.74, 6) is 1.70. The van der Waals surface area contributed by atoms with Gasteiger partial charge < -0.3 is 4.74 Å². The summed E-state index contributed by atoms with van der Waals surface area (Å²) in [5.41, 5.74) is 2.22. The largest absolute Gasteiger partial charge is 0.457 e. The minimum Gasteiger partial charge on any atom is -0.457 e. The van der Waals surface area contributed by atoms with Crippen LogP contribution in [-0.2, 0) is 0 Å². The number of ether oxygens (including phenoxy) is 1. The number of hydrogen-bond acceptors (Lipinski definition) is 1. The van der Waals surface area contributed by atoms with E-state index in [0.29, 0.717) is 0 Å². The van der Waals surface area contributed by atoms with E-state index in [1.165, 1.54) is 5.56 Å². The Morgan fingerprint density at radius 3 is 1.80 bits per heavy atom. The maximum Gasteiger partial charge on any atom is 0.127 e. The summed E-state index contributed by atoms with van der Waals surface area (Å²) in [6, 6.07) is 15.7. The van der Waals surface area contributed by atoms with Crippen molar-refractivity contribution in [3.63, 3.8) is 0 Å². The molecule has 0 amide bonds. The summed E-state index contributed by atoms with van der Waals surface area (Å²) in [6.07, 6.45) is 0. The number of hydrogen-bond donors (Lipinski definition) is 0. The van der Waals surface area contributed by atoms with Crippen LogP contribution >= 0.6 is 0 Å². The highest BCUT2D eigenvalue weighted by atomic mass is 16.5. The molecule has 0 saturated heterocycles. The SMILES string of the molecule is [CH2]c1ccc(Oc2ccc(C)cc2)cc1. The summed E-state index contributed by atoms with van der Waals surface area (Å²) < 4.78 is 5.66. The summed E-state index contributed by atoms with van der Waals surface area (Å²) >= 11 is 0. The Morgan fingerprint density at radius 2 is 1.27 bits per heavy atom. The van der Waals surface area contributed by atoms with Crippen LogP contribution in [0.3, 0.4) is 0 Å². The van der Waals surface area contributed by atoms with E-state index in [1.807, 2.05) is 48.5 Å². The van der Waals surface area contributed by atoms with Gasteiger partial charge in [-0.05, 0) is 43.7 Å². The lowest BCUT2D eigenvalue weighted by Crippen LogP contribution is -1.84. The van der Waals surface area contributed by atoms with Crippen molar-refractivity contribution in [1.82, 2.24) is 0 Å². The Labute approximate surface area is 90.3 Å². The third kappa shape index (κ3) is 2.59. The normalized spacial score (nSPS) is 10.0. The van der Waals surface area contributed by atoms with Crippen LogP contribution in [0.5, 0.6) is 11.5 Å². The minimum absolute atomic E-state index is 0.839. The molecule has 15 heavy (non-hydrogen) atoms. The van der Waals surface area contributed by atoms with E-state index in [0.717, 1.165) is 17.1 Å². The van der Waals surface area contributed by atoms with Crippen LogP contribution in [0.4, 0.5) is 0 Å². The standard InChI is InChI=1S/C14H13O/c1-11-3-7-13(8-4-11)15-14-9-5-12(2)6-10-14/h3-10H,1H2,2H3. The Hall–Kier alpha value is -1.76. The maximum absolute atomic E-state index is 5.66. The lowest BCUT2D eigenvalue weighted by atomic mass is 10.2. The summed E-state index contributed by atoms with van der Waals surface area (Å²) in [4.78, 5) is 0. The molecule has 0 aliphatic heterocycles. The second-order valence-corrected chi connectivity index (χ2v) is 3.56. The maximum atomic E-state index is 5.66. The molecule has 2 aromatic rings. The second kappa shape index (κ2) is 4.18. The summed E-state index contributed by atoms with van der Waals surface area (Å²) in [5, 5.41) is 0. The molecule has 0 saturated carbocycles. The van der Waals surface area contributed by atoms with Crippen LogP contribution in [0, 0.1) is 13.8 Å². The highest BCUT2D eigenvalue weighted by Gasteiger charge is 1.95. The monoisotopic (exact) mass is 197 g/mol. The molecule has 0 spiro atoms. The van der Waals surface area contributed by atoms with E-state index >= 15 is 0 Å². The van der Waals surface area contributed by atoms with Gasteiger partial charge in [0.15, 0.2) is 0 Å². The third-order valence-electron chi connectivity index (χ3n) is 2.18. The Balaban J connectivity index is 2.15. The number of rotatable bonds is 2. The van der Waals surface area contributed by atoms with Gasteiger partial charge in [0.1, 0.15) is 11.5 Å². The van der Waals surface area contributed by atoms with Crippen LogP contribution in [-0.4, -0.2) is 0 Å². The van der Waals surface area contributed by atoms with Gasteiger partial charge in [0.25, 0.3) is 0 Å².